The molecule has 17 heavy (non-hydrogen) atoms. The molecule has 1 amide bonds. The van der Waals surface area contributed by atoms with Crippen molar-refractivity contribution in [3.8, 4) is 0 Å². The van der Waals surface area contributed by atoms with Gasteiger partial charge in [-0.3, -0.25) is 4.79 Å². The summed E-state index contributed by atoms with van der Waals surface area (Å²) in [5.74, 6) is 0.718. The van der Waals surface area contributed by atoms with Crippen LogP contribution in [0.5, 0.6) is 0 Å². The molecule has 0 saturated carbocycles. The smallest absolute Gasteiger partial charge is 0.248 e. The fourth-order valence-electron chi connectivity index (χ4n) is 2.27. The molecule has 0 radical (unpaired) electrons. The predicted molar refractivity (Wildman–Crippen MR) is 63.8 cm³/mol. The first kappa shape index (κ1) is 12.8. The van der Waals surface area contributed by atoms with Gasteiger partial charge in [-0.25, -0.2) is 0 Å². The number of amides is 1. The van der Waals surface area contributed by atoms with E-state index in [0.717, 1.165) is 32.5 Å². The minimum atomic E-state index is 0.0993. The van der Waals surface area contributed by atoms with Crippen LogP contribution in [-0.4, -0.2) is 63.4 Å². The molecule has 2 aliphatic rings. The van der Waals surface area contributed by atoms with Crippen LogP contribution in [0.4, 0.5) is 0 Å². The number of carbonyl (C=O) groups is 1. The van der Waals surface area contributed by atoms with Crippen LogP contribution < -0.4 is 5.32 Å². The van der Waals surface area contributed by atoms with Crippen LogP contribution in [0, 0.1) is 5.92 Å². The van der Waals surface area contributed by atoms with Gasteiger partial charge < -0.3 is 19.7 Å². The third kappa shape index (κ3) is 4.26. The lowest BCUT2D eigenvalue weighted by Crippen LogP contribution is -2.42. The van der Waals surface area contributed by atoms with Crippen LogP contribution in [0.2, 0.25) is 0 Å². The number of piperidine rings is 1. The van der Waals surface area contributed by atoms with Gasteiger partial charge in [-0.15, -0.1) is 0 Å². The molecule has 2 rings (SSSR count). The zero-order valence-electron chi connectivity index (χ0n) is 10.3. The highest BCUT2D eigenvalue weighted by Crippen LogP contribution is 2.11. The van der Waals surface area contributed by atoms with Crippen molar-refractivity contribution >= 4 is 5.91 Å². The molecule has 0 aromatic heterocycles. The molecule has 2 saturated heterocycles. The Balaban J connectivity index is 1.58. The van der Waals surface area contributed by atoms with Crippen molar-refractivity contribution in [2.45, 2.75) is 12.8 Å². The molecule has 1 N–H and O–H groups in total. The molecular weight excluding hydrogens is 220 g/mol. The molecule has 2 fully saturated rings. The van der Waals surface area contributed by atoms with Crippen molar-refractivity contribution in [1.82, 2.24) is 10.2 Å². The summed E-state index contributed by atoms with van der Waals surface area (Å²) in [6.45, 7) is 5.81. The number of hydrogen-bond donors (Lipinski definition) is 1. The number of hydrogen-bond acceptors (Lipinski definition) is 4. The first-order valence-electron chi connectivity index (χ1n) is 6.50. The quantitative estimate of drug-likeness (QED) is 0.745. The Morgan fingerprint density at radius 2 is 2.00 bits per heavy atom. The molecule has 0 atom stereocenters. The summed E-state index contributed by atoms with van der Waals surface area (Å²) in [4.78, 5) is 13.6. The maximum atomic E-state index is 11.8. The van der Waals surface area contributed by atoms with Crippen molar-refractivity contribution in [3.63, 3.8) is 0 Å². The standard InChI is InChI=1S/C12H22N2O3/c15-12(14-5-7-16-8-6-14)10-17-9-11-1-3-13-4-2-11/h11,13H,1-10H2. The Morgan fingerprint density at radius 1 is 1.29 bits per heavy atom. The van der Waals surface area contributed by atoms with E-state index in [1.807, 2.05) is 4.90 Å². The van der Waals surface area contributed by atoms with Crippen molar-refractivity contribution < 1.29 is 14.3 Å². The summed E-state index contributed by atoms with van der Waals surface area (Å²) in [5, 5.41) is 3.32. The van der Waals surface area contributed by atoms with Crippen LogP contribution in [0.15, 0.2) is 0 Å². The molecule has 0 unspecified atom stereocenters. The summed E-state index contributed by atoms with van der Waals surface area (Å²) in [6.07, 6.45) is 2.32. The lowest BCUT2D eigenvalue weighted by Gasteiger charge is -2.27. The summed E-state index contributed by atoms with van der Waals surface area (Å²) in [7, 11) is 0. The second-order valence-corrected chi connectivity index (χ2v) is 4.70. The second-order valence-electron chi connectivity index (χ2n) is 4.70. The monoisotopic (exact) mass is 242 g/mol. The van der Waals surface area contributed by atoms with Gasteiger partial charge in [0.25, 0.3) is 0 Å². The highest BCUT2D eigenvalue weighted by molar-refractivity contribution is 5.77. The van der Waals surface area contributed by atoms with Gasteiger partial charge in [-0.2, -0.15) is 0 Å². The third-order valence-electron chi connectivity index (χ3n) is 3.40. The molecule has 2 heterocycles. The number of morpholine rings is 1. The van der Waals surface area contributed by atoms with Crippen molar-refractivity contribution in [3.05, 3.63) is 0 Å². The van der Waals surface area contributed by atoms with Gasteiger partial charge in [0, 0.05) is 13.1 Å². The van der Waals surface area contributed by atoms with Gasteiger partial charge in [-0.05, 0) is 31.8 Å². The average Bonchev–Trinajstić information content (AvgIpc) is 2.41. The first-order chi connectivity index (χ1) is 8.36. The lowest BCUT2D eigenvalue weighted by molar-refractivity contribution is -0.140. The molecule has 5 heteroatoms. The van der Waals surface area contributed by atoms with Gasteiger partial charge >= 0.3 is 0 Å². The summed E-state index contributed by atoms with van der Waals surface area (Å²) in [5.41, 5.74) is 0. The van der Waals surface area contributed by atoms with Gasteiger partial charge in [0.15, 0.2) is 0 Å². The Kier molecular flexibility index (Phi) is 5.22. The maximum absolute atomic E-state index is 11.8. The Labute approximate surface area is 102 Å². The molecule has 0 aromatic rings. The summed E-state index contributed by atoms with van der Waals surface area (Å²) >= 11 is 0. The van der Waals surface area contributed by atoms with Crippen molar-refractivity contribution in [2.75, 3.05) is 52.6 Å². The van der Waals surface area contributed by atoms with E-state index in [2.05, 4.69) is 5.32 Å². The highest BCUT2D eigenvalue weighted by atomic mass is 16.5. The minimum Gasteiger partial charge on any atom is -0.378 e. The molecule has 0 aromatic carbocycles. The molecule has 0 bridgehead atoms. The normalized spacial score (nSPS) is 22.7. The van der Waals surface area contributed by atoms with Crippen LogP contribution >= 0.6 is 0 Å². The number of nitrogens with one attached hydrogen (secondary N) is 1. The van der Waals surface area contributed by atoms with E-state index in [-0.39, 0.29) is 12.5 Å². The first-order valence-corrected chi connectivity index (χ1v) is 6.50. The number of carbonyl (C=O) groups excluding carboxylic acids is 1. The van der Waals surface area contributed by atoms with Crippen LogP contribution in [0.25, 0.3) is 0 Å². The van der Waals surface area contributed by atoms with E-state index < -0.39 is 0 Å². The zero-order chi connectivity index (χ0) is 11.9. The second kappa shape index (κ2) is 6.93. The fourth-order valence-corrected chi connectivity index (χ4v) is 2.27. The largest absolute Gasteiger partial charge is 0.378 e. The zero-order valence-corrected chi connectivity index (χ0v) is 10.3. The van der Waals surface area contributed by atoms with E-state index in [9.17, 15) is 4.79 Å². The lowest BCUT2D eigenvalue weighted by atomic mass is 9.99. The van der Waals surface area contributed by atoms with Crippen LogP contribution in [0.3, 0.4) is 0 Å². The van der Waals surface area contributed by atoms with Crippen LogP contribution in [0.1, 0.15) is 12.8 Å². The number of ether oxygens (including phenoxy) is 2. The van der Waals surface area contributed by atoms with E-state index in [0.29, 0.717) is 32.2 Å². The van der Waals surface area contributed by atoms with Crippen LogP contribution in [-0.2, 0) is 14.3 Å². The Morgan fingerprint density at radius 3 is 2.71 bits per heavy atom. The van der Waals surface area contributed by atoms with E-state index >= 15 is 0 Å². The average molecular weight is 242 g/mol. The Hall–Kier alpha value is -0.650. The highest BCUT2D eigenvalue weighted by Gasteiger charge is 2.18. The number of nitrogens with zero attached hydrogens (tertiary/aromatic N) is 1. The molecule has 0 aliphatic carbocycles. The van der Waals surface area contributed by atoms with Crippen molar-refractivity contribution in [1.29, 1.82) is 0 Å². The van der Waals surface area contributed by atoms with Gasteiger partial charge in [0.2, 0.25) is 5.91 Å². The minimum absolute atomic E-state index is 0.0993. The molecular formula is C12H22N2O3. The molecule has 5 nitrogen and oxygen atoms in total. The molecule has 98 valence electrons. The predicted octanol–water partition coefficient (Wildman–Crippen LogP) is -0.139. The summed E-state index contributed by atoms with van der Waals surface area (Å²) in [6, 6.07) is 0. The van der Waals surface area contributed by atoms with Crippen molar-refractivity contribution in [2.24, 2.45) is 5.92 Å². The SMILES string of the molecule is O=C(COCC1CCNCC1)N1CCOCC1. The van der Waals surface area contributed by atoms with E-state index in [1.54, 1.807) is 0 Å². The van der Waals surface area contributed by atoms with E-state index in [1.165, 1.54) is 0 Å². The third-order valence-corrected chi connectivity index (χ3v) is 3.40. The fraction of sp³-hybridized carbons (Fsp3) is 0.917. The summed E-state index contributed by atoms with van der Waals surface area (Å²) < 4.78 is 10.7. The Bertz CT molecular complexity index is 236. The van der Waals surface area contributed by atoms with Gasteiger partial charge in [0.05, 0.1) is 19.8 Å². The van der Waals surface area contributed by atoms with Gasteiger partial charge in [0.1, 0.15) is 6.61 Å². The number of rotatable bonds is 4. The molecule has 0 spiro atoms. The maximum Gasteiger partial charge on any atom is 0.248 e. The van der Waals surface area contributed by atoms with E-state index in [4.69, 9.17) is 9.47 Å². The molecule has 2 aliphatic heterocycles. The van der Waals surface area contributed by atoms with Gasteiger partial charge in [-0.1, -0.05) is 0 Å². The topological polar surface area (TPSA) is 50.8 Å².